The lowest BCUT2D eigenvalue weighted by molar-refractivity contribution is -0.150. The number of carbonyl (C=O) groups excluding carboxylic acids is 3. The average Bonchev–Trinajstić information content (AvgIpc) is 3.33. The predicted octanol–water partition coefficient (Wildman–Crippen LogP) is 2.62. The number of cyclic esters (lactones) is 3. The quantitative estimate of drug-likeness (QED) is 0.389. The second kappa shape index (κ2) is 6.83. The van der Waals surface area contributed by atoms with Crippen molar-refractivity contribution in [2.24, 2.45) is 23.7 Å². The van der Waals surface area contributed by atoms with E-state index in [4.69, 9.17) is 4.74 Å². The Bertz CT molecular complexity index is 641. The van der Waals surface area contributed by atoms with Crippen LogP contribution in [0, 0.1) is 23.7 Å². The second-order valence-corrected chi connectivity index (χ2v) is 6.05. The molecule has 2 fully saturated rings. The number of esters is 3. The van der Waals surface area contributed by atoms with Crippen molar-refractivity contribution in [3.05, 3.63) is 60.9 Å². The largest absolute Gasteiger partial charge is 0.431 e. The lowest BCUT2D eigenvalue weighted by atomic mass is 9.84. The number of allylic oxidation sites excluding steroid dienone is 7. The lowest BCUT2D eigenvalue weighted by Crippen LogP contribution is -2.19. The van der Waals surface area contributed by atoms with Crippen LogP contribution in [0.5, 0.6) is 0 Å². The van der Waals surface area contributed by atoms with E-state index in [0.717, 1.165) is 25.0 Å². The van der Waals surface area contributed by atoms with Crippen LogP contribution in [0.15, 0.2) is 60.9 Å². The molecule has 4 atom stereocenters. The maximum absolute atomic E-state index is 11.3. The molecule has 2 heterocycles. The van der Waals surface area contributed by atoms with E-state index in [-0.39, 0.29) is 11.9 Å². The van der Waals surface area contributed by atoms with Crippen molar-refractivity contribution in [1.82, 2.24) is 0 Å². The molecule has 0 radical (unpaired) electrons. The van der Waals surface area contributed by atoms with Crippen LogP contribution >= 0.6 is 0 Å². The van der Waals surface area contributed by atoms with Crippen LogP contribution in [-0.4, -0.2) is 17.9 Å². The third kappa shape index (κ3) is 3.30. The van der Waals surface area contributed by atoms with E-state index in [1.165, 1.54) is 0 Å². The molecule has 1 saturated carbocycles. The van der Waals surface area contributed by atoms with Gasteiger partial charge >= 0.3 is 17.9 Å². The van der Waals surface area contributed by atoms with E-state index in [1.54, 1.807) is 0 Å². The summed E-state index contributed by atoms with van der Waals surface area (Å²) in [6, 6.07) is 0. The zero-order valence-electron chi connectivity index (χ0n) is 13.1. The van der Waals surface area contributed by atoms with Crippen LogP contribution in [0.2, 0.25) is 0 Å². The third-order valence-electron chi connectivity index (χ3n) is 4.55. The zero-order valence-corrected chi connectivity index (χ0v) is 13.1. The van der Waals surface area contributed by atoms with Gasteiger partial charge in [-0.05, 0) is 24.7 Å². The monoisotopic (exact) mass is 326 g/mol. The van der Waals surface area contributed by atoms with E-state index in [9.17, 15) is 14.4 Å². The lowest BCUT2D eigenvalue weighted by Gasteiger charge is -2.14. The highest BCUT2D eigenvalue weighted by molar-refractivity contribution is 6.04. The first kappa shape index (κ1) is 16.2. The average molecular weight is 326 g/mol. The smallest absolute Gasteiger partial charge is 0.338 e. The van der Waals surface area contributed by atoms with Crippen molar-refractivity contribution in [2.45, 2.75) is 12.8 Å². The first-order chi connectivity index (χ1) is 11.6. The number of ether oxygens (including phenoxy) is 2. The molecule has 0 aromatic carbocycles. The molecule has 5 heteroatoms. The summed E-state index contributed by atoms with van der Waals surface area (Å²) in [6.07, 6.45) is 17.2. The molecule has 5 nitrogen and oxygen atoms in total. The number of hydrogen-bond acceptors (Lipinski definition) is 5. The zero-order chi connectivity index (χ0) is 17.1. The molecule has 2 aliphatic heterocycles. The summed E-state index contributed by atoms with van der Waals surface area (Å²) < 4.78 is 9.01. The topological polar surface area (TPSA) is 69.7 Å². The van der Waals surface area contributed by atoms with E-state index < -0.39 is 11.9 Å². The minimum atomic E-state index is -0.579. The first-order valence-corrected chi connectivity index (χ1v) is 7.90. The van der Waals surface area contributed by atoms with Crippen LogP contribution in [0.3, 0.4) is 0 Å². The summed E-state index contributed by atoms with van der Waals surface area (Å²) >= 11 is 0. The summed E-state index contributed by atoms with van der Waals surface area (Å²) in [6.45, 7) is 3.79. The summed E-state index contributed by atoms with van der Waals surface area (Å²) in [5.41, 5.74) is 0. The minimum Gasteiger partial charge on any atom is -0.431 e. The molecule has 5 rings (SSSR count). The Balaban J connectivity index is 0.000000120. The number of hydrogen-bond donors (Lipinski definition) is 0. The third-order valence-corrected chi connectivity index (χ3v) is 4.55. The molecule has 2 bridgehead atoms. The van der Waals surface area contributed by atoms with Gasteiger partial charge in [0.15, 0.2) is 0 Å². The summed E-state index contributed by atoms with van der Waals surface area (Å²) in [4.78, 5) is 31.2. The van der Waals surface area contributed by atoms with Gasteiger partial charge in [-0.3, -0.25) is 4.79 Å². The number of rotatable bonds is 0. The molecule has 0 N–H and O–H groups in total. The molecule has 3 aliphatic carbocycles. The maximum atomic E-state index is 11.3. The van der Waals surface area contributed by atoms with Crippen LogP contribution in [-0.2, 0) is 23.9 Å². The van der Waals surface area contributed by atoms with Gasteiger partial charge in [-0.2, -0.15) is 0 Å². The summed E-state index contributed by atoms with van der Waals surface area (Å²) in [7, 11) is 0. The fourth-order valence-electron chi connectivity index (χ4n) is 3.54. The van der Waals surface area contributed by atoms with Crippen molar-refractivity contribution in [2.75, 3.05) is 0 Å². The molecule has 4 unspecified atom stereocenters. The van der Waals surface area contributed by atoms with Gasteiger partial charge in [0, 0.05) is 18.1 Å². The SMILES string of the molecule is C1=CCC=C1.C=C1OC(=O)C2C3C=CC(C3)C12.O=C1C=CC(=O)O1. The number of fused-ring (bicyclic) bond motifs is 5. The standard InChI is InChI=1S/C10H10O2.C5H6.C4H2O3/c1-5-8-6-2-3-7(4-6)9(8)10(11)12-5;1-2-4-5-3-1;5-3-1-2-4(6)7-3/h2-3,6-9H,1,4H2;1-4H,5H2;1-2H. The van der Waals surface area contributed by atoms with Gasteiger partial charge in [0.05, 0.1) is 5.92 Å². The molecule has 0 amide bonds. The molecule has 5 aliphatic rings. The highest BCUT2D eigenvalue weighted by atomic mass is 16.6. The molecule has 24 heavy (non-hydrogen) atoms. The second-order valence-electron chi connectivity index (χ2n) is 6.05. The molecule has 0 spiro atoms. The first-order valence-electron chi connectivity index (χ1n) is 7.90. The van der Waals surface area contributed by atoms with Gasteiger partial charge in [-0.1, -0.05) is 43.0 Å². The van der Waals surface area contributed by atoms with E-state index in [1.807, 2.05) is 0 Å². The van der Waals surface area contributed by atoms with Crippen LogP contribution in [0.4, 0.5) is 0 Å². The Morgan fingerprint density at radius 2 is 1.46 bits per heavy atom. The van der Waals surface area contributed by atoms with Crippen LogP contribution in [0.1, 0.15) is 12.8 Å². The van der Waals surface area contributed by atoms with Gasteiger partial charge < -0.3 is 9.47 Å². The Hall–Kier alpha value is -2.69. The Morgan fingerprint density at radius 1 is 0.875 bits per heavy atom. The normalized spacial score (nSPS) is 33.0. The Morgan fingerprint density at radius 3 is 1.88 bits per heavy atom. The molecule has 1 saturated heterocycles. The molecule has 0 aromatic heterocycles. The van der Waals surface area contributed by atoms with Gasteiger partial charge in [-0.25, -0.2) is 9.59 Å². The van der Waals surface area contributed by atoms with Gasteiger partial charge in [0.25, 0.3) is 0 Å². The van der Waals surface area contributed by atoms with E-state index in [2.05, 4.69) is 47.8 Å². The predicted molar refractivity (Wildman–Crippen MR) is 86.1 cm³/mol. The van der Waals surface area contributed by atoms with Crippen molar-refractivity contribution >= 4 is 17.9 Å². The fourth-order valence-corrected chi connectivity index (χ4v) is 3.54. The van der Waals surface area contributed by atoms with Crippen molar-refractivity contribution in [1.29, 1.82) is 0 Å². The minimum absolute atomic E-state index is 0.0538. The van der Waals surface area contributed by atoms with Gasteiger partial charge in [0.2, 0.25) is 0 Å². The molecule has 0 aromatic rings. The molecule has 124 valence electrons. The van der Waals surface area contributed by atoms with E-state index in [0.29, 0.717) is 23.5 Å². The number of carbonyl (C=O) groups is 3. The van der Waals surface area contributed by atoms with Crippen molar-refractivity contribution in [3.63, 3.8) is 0 Å². The van der Waals surface area contributed by atoms with E-state index >= 15 is 0 Å². The van der Waals surface area contributed by atoms with Crippen molar-refractivity contribution in [3.8, 4) is 0 Å². The Kier molecular flexibility index (Phi) is 4.60. The Labute approximate surface area is 140 Å². The summed E-state index contributed by atoms with van der Waals surface area (Å²) in [5, 5.41) is 0. The fraction of sp³-hybridized carbons (Fsp3) is 0.316. The summed E-state index contributed by atoms with van der Waals surface area (Å²) in [5.74, 6) is 0.851. The molecular formula is C19H18O5. The highest BCUT2D eigenvalue weighted by Crippen LogP contribution is 2.54. The van der Waals surface area contributed by atoms with Gasteiger partial charge in [-0.15, -0.1) is 0 Å². The van der Waals surface area contributed by atoms with Gasteiger partial charge in [0.1, 0.15) is 5.76 Å². The highest BCUT2D eigenvalue weighted by Gasteiger charge is 2.55. The maximum Gasteiger partial charge on any atom is 0.338 e. The van der Waals surface area contributed by atoms with Crippen LogP contribution in [0.25, 0.3) is 0 Å². The van der Waals surface area contributed by atoms with Crippen LogP contribution < -0.4 is 0 Å². The van der Waals surface area contributed by atoms with Crippen molar-refractivity contribution < 1.29 is 23.9 Å². The molecular weight excluding hydrogens is 308 g/mol.